The first kappa shape index (κ1) is 19.7. The van der Waals surface area contributed by atoms with Crippen molar-refractivity contribution in [2.45, 2.75) is 39.2 Å². The maximum atomic E-state index is 13.1. The molecule has 0 bridgehead atoms. The highest BCUT2D eigenvalue weighted by atomic mass is 16.6. The molecule has 2 fully saturated rings. The number of aromatic nitrogens is 1. The zero-order valence-corrected chi connectivity index (χ0v) is 17.9. The van der Waals surface area contributed by atoms with E-state index in [1.54, 1.807) is 13.0 Å². The summed E-state index contributed by atoms with van der Waals surface area (Å²) in [5.74, 6) is 0.951. The van der Waals surface area contributed by atoms with Crippen molar-refractivity contribution in [3.05, 3.63) is 41.2 Å². The second-order valence-electron chi connectivity index (χ2n) is 8.67. The monoisotopic (exact) mass is 423 g/mol. The number of nitrogens with zero attached hydrogens (tertiary/aromatic N) is 2. The summed E-state index contributed by atoms with van der Waals surface area (Å²) in [6.45, 7) is 6.28. The third-order valence-electron chi connectivity index (χ3n) is 6.51. The number of fused-ring (bicyclic) bond motifs is 1. The van der Waals surface area contributed by atoms with Gasteiger partial charge in [0.1, 0.15) is 18.8 Å². The lowest BCUT2D eigenvalue weighted by molar-refractivity contribution is -0.131. The lowest BCUT2D eigenvalue weighted by Crippen LogP contribution is -2.46. The number of Topliss-reactive ketones (excluding diaryl/α,β-unsaturated/α-hetero) is 1. The molecule has 1 aromatic heterocycles. The number of carbonyl (C=O) groups is 3. The Morgan fingerprint density at radius 3 is 2.55 bits per heavy atom. The molecule has 1 saturated heterocycles. The van der Waals surface area contributed by atoms with Crippen molar-refractivity contribution in [3.8, 4) is 17.2 Å². The van der Waals surface area contributed by atoms with Crippen LogP contribution in [0.2, 0.25) is 0 Å². The fourth-order valence-corrected chi connectivity index (χ4v) is 4.64. The number of aryl methyl sites for hydroxylation is 1. The summed E-state index contributed by atoms with van der Waals surface area (Å²) in [5.41, 5.74) is 2.08. The standard InChI is InChI=1S/C23H25N3O5/c1-13-10-17(14(2)26(13)16-6-7-19-20(11-16)31-9-8-30-19)18(27)12-25-21(28)23(3,15-4-5-15)24-22(25)29/h6-7,10-11,15H,4-5,8-9,12H2,1-3H3,(H,24,29)/t23-/m0/s1. The molecule has 162 valence electrons. The molecule has 0 spiro atoms. The van der Waals surface area contributed by atoms with E-state index in [1.807, 2.05) is 36.6 Å². The number of urea groups is 1. The average Bonchev–Trinajstić information content (AvgIpc) is 3.53. The minimum atomic E-state index is -0.889. The highest BCUT2D eigenvalue weighted by Gasteiger charge is 2.56. The first-order chi connectivity index (χ1) is 14.8. The van der Waals surface area contributed by atoms with Crippen LogP contribution < -0.4 is 14.8 Å². The number of carbonyl (C=O) groups excluding carboxylic acids is 3. The van der Waals surface area contributed by atoms with Gasteiger partial charge in [0.15, 0.2) is 17.3 Å². The molecule has 2 aromatic rings. The summed E-state index contributed by atoms with van der Waals surface area (Å²) in [4.78, 5) is 39.4. The Bertz CT molecular complexity index is 1120. The Morgan fingerprint density at radius 2 is 1.84 bits per heavy atom. The van der Waals surface area contributed by atoms with Crippen LogP contribution in [0.5, 0.6) is 11.5 Å². The zero-order valence-electron chi connectivity index (χ0n) is 17.9. The highest BCUT2D eigenvalue weighted by molar-refractivity contribution is 6.11. The summed E-state index contributed by atoms with van der Waals surface area (Å²) in [5, 5.41) is 2.79. The van der Waals surface area contributed by atoms with Gasteiger partial charge in [-0.3, -0.25) is 14.5 Å². The zero-order chi connectivity index (χ0) is 21.9. The van der Waals surface area contributed by atoms with Crippen LogP contribution in [0.15, 0.2) is 24.3 Å². The molecule has 1 aliphatic carbocycles. The van der Waals surface area contributed by atoms with Crippen LogP contribution in [-0.4, -0.2) is 52.5 Å². The largest absolute Gasteiger partial charge is 0.486 e. The van der Waals surface area contributed by atoms with Gasteiger partial charge in [-0.1, -0.05) is 0 Å². The molecule has 1 N–H and O–H groups in total. The minimum absolute atomic E-state index is 0.157. The third kappa shape index (κ3) is 3.08. The van der Waals surface area contributed by atoms with Crippen LogP contribution in [0, 0.1) is 19.8 Å². The van der Waals surface area contributed by atoms with Gasteiger partial charge in [-0.2, -0.15) is 0 Å². The van der Waals surface area contributed by atoms with Crippen molar-refractivity contribution in [2.75, 3.05) is 19.8 Å². The van der Waals surface area contributed by atoms with E-state index in [-0.39, 0.29) is 24.2 Å². The summed E-state index contributed by atoms with van der Waals surface area (Å²) in [6, 6.07) is 6.97. The van der Waals surface area contributed by atoms with E-state index in [9.17, 15) is 14.4 Å². The number of nitrogens with one attached hydrogen (secondary N) is 1. The van der Waals surface area contributed by atoms with E-state index in [2.05, 4.69) is 5.32 Å². The molecule has 8 heteroatoms. The lowest BCUT2D eigenvalue weighted by atomic mass is 9.96. The van der Waals surface area contributed by atoms with Crippen LogP contribution >= 0.6 is 0 Å². The van der Waals surface area contributed by atoms with Crippen LogP contribution in [0.3, 0.4) is 0 Å². The first-order valence-corrected chi connectivity index (χ1v) is 10.6. The predicted octanol–water partition coefficient (Wildman–Crippen LogP) is 2.77. The SMILES string of the molecule is Cc1cc(C(=O)CN2C(=O)N[C@@](C)(C3CC3)C2=O)c(C)n1-c1ccc2c(c1)OCCO2. The number of rotatable bonds is 5. The van der Waals surface area contributed by atoms with Gasteiger partial charge in [0, 0.05) is 28.7 Å². The predicted molar refractivity (Wildman–Crippen MR) is 112 cm³/mol. The Balaban J connectivity index is 1.41. The average molecular weight is 423 g/mol. The number of amides is 3. The van der Waals surface area contributed by atoms with E-state index >= 15 is 0 Å². The van der Waals surface area contributed by atoms with E-state index in [1.165, 1.54) is 0 Å². The molecule has 31 heavy (non-hydrogen) atoms. The van der Waals surface area contributed by atoms with Crippen molar-refractivity contribution in [1.29, 1.82) is 0 Å². The molecule has 0 unspecified atom stereocenters. The quantitative estimate of drug-likeness (QED) is 0.590. The van der Waals surface area contributed by atoms with E-state index in [4.69, 9.17) is 9.47 Å². The maximum absolute atomic E-state index is 13.1. The van der Waals surface area contributed by atoms with Crippen molar-refractivity contribution < 1.29 is 23.9 Å². The molecule has 1 saturated carbocycles. The molecule has 8 nitrogen and oxygen atoms in total. The Labute approximate surface area is 180 Å². The number of hydrogen-bond donors (Lipinski definition) is 1. The normalized spacial score (nSPS) is 22.6. The maximum Gasteiger partial charge on any atom is 0.325 e. The van der Waals surface area contributed by atoms with Crippen LogP contribution in [0.1, 0.15) is 41.5 Å². The Morgan fingerprint density at radius 1 is 1.13 bits per heavy atom. The molecular formula is C23H25N3O5. The second kappa shape index (κ2) is 6.87. The van der Waals surface area contributed by atoms with Gasteiger partial charge in [0.2, 0.25) is 0 Å². The van der Waals surface area contributed by atoms with E-state index in [0.29, 0.717) is 30.3 Å². The van der Waals surface area contributed by atoms with Crippen LogP contribution in [-0.2, 0) is 4.79 Å². The van der Waals surface area contributed by atoms with E-state index < -0.39 is 11.6 Å². The molecule has 1 aromatic carbocycles. The Kier molecular flexibility index (Phi) is 4.35. The number of ether oxygens (including phenoxy) is 2. The molecule has 3 heterocycles. The summed E-state index contributed by atoms with van der Waals surface area (Å²) < 4.78 is 13.2. The summed E-state index contributed by atoms with van der Waals surface area (Å²) >= 11 is 0. The van der Waals surface area contributed by atoms with Crippen molar-refractivity contribution in [2.24, 2.45) is 5.92 Å². The highest BCUT2D eigenvalue weighted by Crippen LogP contribution is 2.42. The number of imide groups is 1. The summed E-state index contributed by atoms with van der Waals surface area (Å²) in [7, 11) is 0. The van der Waals surface area contributed by atoms with Gasteiger partial charge < -0.3 is 19.4 Å². The van der Waals surface area contributed by atoms with E-state index in [0.717, 1.165) is 34.8 Å². The lowest BCUT2D eigenvalue weighted by Gasteiger charge is -2.20. The molecule has 0 radical (unpaired) electrons. The van der Waals surface area contributed by atoms with Crippen LogP contribution in [0.25, 0.3) is 5.69 Å². The fourth-order valence-electron chi connectivity index (χ4n) is 4.64. The molecule has 1 atom stereocenters. The number of benzene rings is 1. The van der Waals surface area contributed by atoms with Gasteiger partial charge in [-0.05, 0) is 57.7 Å². The smallest absolute Gasteiger partial charge is 0.325 e. The molecule has 3 amide bonds. The molecular weight excluding hydrogens is 398 g/mol. The molecule has 5 rings (SSSR count). The van der Waals surface area contributed by atoms with Gasteiger partial charge in [0.25, 0.3) is 5.91 Å². The van der Waals surface area contributed by atoms with Gasteiger partial charge in [-0.15, -0.1) is 0 Å². The number of ketones is 1. The minimum Gasteiger partial charge on any atom is -0.486 e. The molecule has 2 aliphatic heterocycles. The first-order valence-electron chi connectivity index (χ1n) is 10.6. The van der Waals surface area contributed by atoms with Gasteiger partial charge >= 0.3 is 6.03 Å². The molecule has 3 aliphatic rings. The second-order valence-corrected chi connectivity index (χ2v) is 8.67. The van der Waals surface area contributed by atoms with Crippen LogP contribution in [0.4, 0.5) is 4.79 Å². The van der Waals surface area contributed by atoms with Crippen molar-refractivity contribution >= 4 is 17.7 Å². The summed E-state index contributed by atoms with van der Waals surface area (Å²) in [6.07, 6.45) is 1.84. The topological polar surface area (TPSA) is 89.9 Å². The van der Waals surface area contributed by atoms with Gasteiger partial charge in [0.05, 0.1) is 6.54 Å². The fraction of sp³-hybridized carbons (Fsp3) is 0.435. The van der Waals surface area contributed by atoms with Gasteiger partial charge in [-0.25, -0.2) is 4.79 Å². The number of hydrogen-bond acceptors (Lipinski definition) is 5. The van der Waals surface area contributed by atoms with Crippen molar-refractivity contribution in [1.82, 2.24) is 14.8 Å². The Hall–Kier alpha value is -3.29. The third-order valence-corrected chi connectivity index (χ3v) is 6.51. The van der Waals surface area contributed by atoms with Crippen molar-refractivity contribution in [3.63, 3.8) is 0 Å².